The highest BCUT2D eigenvalue weighted by molar-refractivity contribution is 9.09. The fourth-order valence-electron chi connectivity index (χ4n) is 6.01. The summed E-state index contributed by atoms with van der Waals surface area (Å²) in [5.41, 5.74) is 3.98. The van der Waals surface area contributed by atoms with E-state index in [1.54, 1.807) is 12.1 Å². The normalized spacial score (nSPS) is 25.6. The third-order valence-electron chi connectivity index (χ3n) is 7.34. The number of halogens is 1. The highest BCUT2D eigenvalue weighted by Gasteiger charge is 2.67. The predicted octanol–water partition coefficient (Wildman–Crippen LogP) is 3.72. The van der Waals surface area contributed by atoms with Crippen LogP contribution < -0.4 is 5.32 Å². The van der Waals surface area contributed by atoms with E-state index in [-0.39, 0.29) is 23.1 Å². The number of anilines is 1. The van der Waals surface area contributed by atoms with E-state index in [4.69, 9.17) is 0 Å². The van der Waals surface area contributed by atoms with Crippen LogP contribution in [0, 0.1) is 11.8 Å². The van der Waals surface area contributed by atoms with Crippen molar-refractivity contribution in [1.82, 2.24) is 4.90 Å². The van der Waals surface area contributed by atoms with Crippen molar-refractivity contribution in [2.24, 2.45) is 11.8 Å². The second-order valence-electron chi connectivity index (χ2n) is 9.03. The number of aromatic carboxylic acids is 1. The maximum absolute atomic E-state index is 13.7. The molecule has 0 unspecified atom stereocenters. The Labute approximate surface area is 208 Å². The molecule has 0 spiro atoms. The number of imide groups is 1. The second-order valence-corrected chi connectivity index (χ2v) is 10.3. The Hall–Kier alpha value is -3.78. The Bertz CT molecular complexity index is 1400. The highest BCUT2D eigenvalue weighted by atomic mass is 79.9. The molecular formula is C27H19BrN2O5. The van der Waals surface area contributed by atoms with Crippen LogP contribution in [-0.4, -0.2) is 40.2 Å². The maximum atomic E-state index is 13.7. The van der Waals surface area contributed by atoms with Crippen molar-refractivity contribution >= 4 is 45.3 Å². The molecule has 1 aliphatic heterocycles. The molecule has 35 heavy (non-hydrogen) atoms. The van der Waals surface area contributed by atoms with Gasteiger partial charge in [-0.2, -0.15) is 0 Å². The van der Waals surface area contributed by atoms with Gasteiger partial charge < -0.3 is 10.4 Å². The molecule has 1 saturated heterocycles. The summed E-state index contributed by atoms with van der Waals surface area (Å²) in [4.78, 5) is 52.8. The van der Waals surface area contributed by atoms with Crippen LogP contribution in [-0.2, 0) is 18.7 Å². The van der Waals surface area contributed by atoms with Gasteiger partial charge in [-0.05, 0) is 34.4 Å². The minimum Gasteiger partial charge on any atom is -0.478 e. The van der Waals surface area contributed by atoms with Crippen molar-refractivity contribution in [2.45, 2.75) is 10.2 Å². The van der Waals surface area contributed by atoms with Crippen LogP contribution in [0.2, 0.25) is 0 Å². The van der Waals surface area contributed by atoms with Gasteiger partial charge in [0.1, 0.15) is 6.54 Å². The van der Waals surface area contributed by atoms with Gasteiger partial charge in [0, 0.05) is 5.92 Å². The number of carboxylic acids is 1. The van der Waals surface area contributed by atoms with Crippen LogP contribution in [0.4, 0.5) is 5.69 Å². The summed E-state index contributed by atoms with van der Waals surface area (Å²) in [6.07, 6.45) is 0. The lowest BCUT2D eigenvalue weighted by Gasteiger charge is -2.51. The molecule has 0 aromatic heterocycles. The van der Waals surface area contributed by atoms with Crippen LogP contribution >= 0.6 is 15.9 Å². The first-order valence-corrected chi connectivity index (χ1v) is 12.0. The monoisotopic (exact) mass is 530 g/mol. The number of carbonyl (C=O) groups excluding carboxylic acids is 3. The fraction of sp³-hybridized carbons (Fsp3) is 0.185. The van der Waals surface area contributed by atoms with E-state index in [0.717, 1.165) is 27.2 Å². The third kappa shape index (κ3) is 2.89. The van der Waals surface area contributed by atoms with Crippen molar-refractivity contribution in [3.8, 4) is 0 Å². The van der Waals surface area contributed by atoms with E-state index in [1.165, 1.54) is 12.1 Å². The van der Waals surface area contributed by atoms with Gasteiger partial charge in [-0.15, -0.1) is 0 Å². The van der Waals surface area contributed by atoms with Gasteiger partial charge in [-0.1, -0.05) is 76.6 Å². The summed E-state index contributed by atoms with van der Waals surface area (Å²) in [7, 11) is 0. The van der Waals surface area contributed by atoms with Gasteiger partial charge in [0.15, 0.2) is 0 Å². The smallest absolute Gasteiger partial charge is 0.337 e. The first-order valence-electron chi connectivity index (χ1n) is 11.2. The predicted molar refractivity (Wildman–Crippen MR) is 130 cm³/mol. The standard InChI is InChI=1S/C27H19BrN2O5/c28-27-17-10-4-1-7-14(17)21(15-8-2-5-11-18(15)27)22-23(27)25(33)30(24(22)32)13-20(31)29-19-12-6-3-9-16(19)26(34)35/h1-12,21-23H,13H2,(H,29,31)(H,34,35)/t21?,22-,23+,27?/m0/s1. The summed E-state index contributed by atoms with van der Waals surface area (Å²) >= 11 is 3.91. The molecule has 4 aliphatic rings. The number of nitrogens with zero attached hydrogens (tertiary/aromatic N) is 1. The molecule has 0 radical (unpaired) electrons. The van der Waals surface area contributed by atoms with Gasteiger partial charge in [-0.3, -0.25) is 19.3 Å². The van der Waals surface area contributed by atoms with Crippen LogP contribution in [0.5, 0.6) is 0 Å². The lowest BCUT2D eigenvalue weighted by Crippen LogP contribution is -2.50. The number of nitrogens with one attached hydrogen (secondary N) is 1. The van der Waals surface area contributed by atoms with Gasteiger partial charge >= 0.3 is 5.97 Å². The number of para-hydroxylation sites is 1. The highest BCUT2D eigenvalue weighted by Crippen LogP contribution is 2.66. The summed E-state index contributed by atoms with van der Waals surface area (Å²) < 4.78 is -0.881. The quantitative estimate of drug-likeness (QED) is 0.395. The molecule has 174 valence electrons. The molecule has 2 N–H and O–H groups in total. The molecule has 7 nitrogen and oxygen atoms in total. The van der Waals surface area contributed by atoms with E-state index >= 15 is 0 Å². The summed E-state index contributed by atoms with van der Waals surface area (Å²) in [5, 5.41) is 11.9. The Morgan fingerprint density at radius 1 is 0.886 bits per heavy atom. The summed E-state index contributed by atoms with van der Waals surface area (Å²) in [6.45, 7) is -0.485. The van der Waals surface area contributed by atoms with Crippen LogP contribution in [0.3, 0.4) is 0 Å². The minimum absolute atomic E-state index is 0.0723. The topological polar surface area (TPSA) is 104 Å². The lowest BCUT2D eigenvalue weighted by molar-refractivity contribution is -0.142. The van der Waals surface area contributed by atoms with Crippen molar-refractivity contribution in [3.05, 3.63) is 101 Å². The zero-order valence-corrected chi connectivity index (χ0v) is 19.9. The SMILES string of the molecule is O=C(CN1C(=O)[C@H]2C3c4ccccc4C(Br)(c4ccccc43)[C@H]2C1=O)Nc1ccccc1C(=O)O. The van der Waals surface area contributed by atoms with Crippen molar-refractivity contribution in [3.63, 3.8) is 0 Å². The Kier molecular flexibility index (Phi) is 4.73. The zero-order chi connectivity index (χ0) is 24.5. The number of likely N-dealkylation sites (tertiary alicyclic amines) is 1. The average Bonchev–Trinajstić information content (AvgIpc) is 3.11. The van der Waals surface area contributed by atoms with Crippen molar-refractivity contribution in [2.75, 3.05) is 11.9 Å². The first-order chi connectivity index (χ1) is 16.8. The van der Waals surface area contributed by atoms with Crippen LogP contribution in [0.1, 0.15) is 38.5 Å². The number of carbonyl (C=O) groups is 4. The van der Waals surface area contributed by atoms with E-state index in [2.05, 4.69) is 21.2 Å². The number of hydrogen-bond donors (Lipinski definition) is 2. The van der Waals surface area contributed by atoms with Crippen LogP contribution in [0.25, 0.3) is 0 Å². The molecule has 1 heterocycles. The van der Waals surface area contributed by atoms with E-state index in [0.29, 0.717) is 0 Å². The van der Waals surface area contributed by atoms with E-state index < -0.39 is 40.5 Å². The lowest BCUT2D eigenvalue weighted by atomic mass is 9.55. The number of carboxylic acid groups (broad SMARTS) is 1. The van der Waals surface area contributed by atoms with Gasteiger partial charge in [0.2, 0.25) is 17.7 Å². The molecule has 3 aromatic carbocycles. The van der Waals surface area contributed by atoms with Gasteiger partial charge in [-0.25, -0.2) is 4.79 Å². The molecule has 0 saturated carbocycles. The minimum atomic E-state index is -1.19. The average molecular weight is 531 g/mol. The largest absolute Gasteiger partial charge is 0.478 e. The molecule has 1 fully saturated rings. The molecule has 8 heteroatoms. The van der Waals surface area contributed by atoms with E-state index in [1.807, 2.05) is 48.5 Å². The fourth-order valence-corrected chi connectivity index (χ4v) is 7.21. The third-order valence-corrected chi connectivity index (χ3v) is 8.69. The van der Waals surface area contributed by atoms with Gasteiger partial charge in [0.05, 0.1) is 27.4 Å². The summed E-state index contributed by atoms with van der Waals surface area (Å²) in [5.74, 6) is -4.23. The zero-order valence-electron chi connectivity index (χ0n) is 18.3. The number of hydrogen-bond acceptors (Lipinski definition) is 4. The number of rotatable bonds is 4. The first kappa shape index (κ1) is 21.7. The summed E-state index contributed by atoms with van der Waals surface area (Å²) in [6, 6.07) is 21.7. The van der Waals surface area contributed by atoms with Crippen molar-refractivity contribution in [1.29, 1.82) is 0 Å². The van der Waals surface area contributed by atoms with E-state index in [9.17, 15) is 24.3 Å². The Balaban J connectivity index is 1.37. The number of amides is 3. The van der Waals surface area contributed by atoms with Gasteiger partial charge in [0.25, 0.3) is 0 Å². The number of alkyl halides is 1. The molecule has 3 aliphatic carbocycles. The molecule has 3 amide bonds. The maximum Gasteiger partial charge on any atom is 0.337 e. The molecule has 2 bridgehead atoms. The second kappa shape index (κ2) is 7.61. The number of benzene rings is 3. The molecule has 2 atom stereocenters. The molecular weight excluding hydrogens is 512 g/mol. The molecule has 3 aromatic rings. The van der Waals surface area contributed by atoms with Crippen LogP contribution in [0.15, 0.2) is 72.8 Å². The van der Waals surface area contributed by atoms with Crippen molar-refractivity contribution < 1.29 is 24.3 Å². The molecule has 7 rings (SSSR count). The Morgan fingerprint density at radius 3 is 2.09 bits per heavy atom. The Morgan fingerprint density at radius 2 is 1.46 bits per heavy atom.